The Balaban J connectivity index is 1.70. The largest absolute Gasteiger partial charge is 0.495 e. The summed E-state index contributed by atoms with van der Waals surface area (Å²) >= 11 is 0. The monoisotopic (exact) mass is 460 g/mol. The van der Waals surface area contributed by atoms with Crippen LogP contribution < -0.4 is 10.2 Å². The molecule has 0 spiro atoms. The van der Waals surface area contributed by atoms with Crippen LogP contribution in [0.3, 0.4) is 0 Å². The molecule has 4 heteroatoms. The number of hydrogen-bond acceptors (Lipinski definition) is 3. The van der Waals surface area contributed by atoms with Crippen LogP contribution in [-0.2, 0) is 14.7 Å². The quantitative estimate of drug-likeness (QED) is 0.289. The highest BCUT2D eigenvalue weighted by Gasteiger charge is 2.54. The Labute approximate surface area is 207 Å². The van der Waals surface area contributed by atoms with E-state index >= 15 is 0 Å². The minimum atomic E-state index is -0.604. The minimum Gasteiger partial charge on any atom is -0.457 e. The van der Waals surface area contributed by atoms with E-state index in [1.807, 2.05) is 12.1 Å². The molecule has 0 saturated carbocycles. The molecule has 0 N–H and O–H groups in total. The highest BCUT2D eigenvalue weighted by molar-refractivity contribution is 6.62. The van der Waals surface area contributed by atoms with E-state index in [-0.39, 0.29) is 0 Å². The van der Waals surface area contributed by atoms with Crippen molar-refractivity contribution in [3.63, 3.8) is 0 Å². The van der Waals surface area contributed by atoms with Crippen LogP contribution in [0.1, 0.15) is 49.9 Å². The van der Waals surface area contributed by atoms with Gasteiger partial charge >= 0.3 is 7.12 Å². The molecule has 0 aliphatic carbocycles. The summed E-state index contributed by atoms with van der Waals surface area (Å²) < 4.78 is 19.6. The Morgan fingerprint density at radius 1 is 0.514 bits per heavy atom. The zero-order valence-electron chi connectivity index (χ0n) is 20.6. The van der Waals surface area contributed by atoms with Gasteiger partial charge < -0.3 is 14.0 Å². The van der Waals surface area contributed by atoms with Crippen LogP contribution in [0.25, 0.3) is 0 Å². The van der Waals surface area contributed by atoms with E-state index in [0.717, 1.165) is 33.7 Å². The summed E-state index contributed by atoms with van der Waals surface area (Å²) in [5.41, 5.74) is 4.07. The molecule has 2 aliphatic rings. The molecule has 1 fully saturated rings. The molecule has 174 valence electrons. The van der Waals surface area contributed by atoms with Crippen molar-refractivity contribution in [2.45, 2.75) is 44.3 Å². The van der Waals surface area contributed by atoms with Crippen LogP contribution in [0.2, 0.25) is 0 Å². The fraction of sp³-hybridized carbons (Fsp3) is 0.226. The van der Waals surface area contributed by atoms with Crippen molar-refractivity contribution in [1.82, 2.24) is 0 Å². The molecule has 0 aromatic heterocycles. The van der Waals surface area contributed by atoms with E-state index in [1.165, 1.54) is 5.56 Å². The Morgan fingerprint density at radius 2 is 0.971 bits per heavy atom. The second-order valence-electron chi connectivity index (χ2n) is 10.4. The first-order valence-corrected chi connectivity index (χ1v) is 12.2. The van der Waals surface area contributed by atoms with Crippen molar-refractivity contribution in [2.24, 2.45) is 0 Å². The third-order valence-electron chi connectivity index (χ3n) is 7.88. The summed E-state index contributed by atoms with van der Waals surface area (Å²) in [4.78, 5) is 0. The van der Waals surface area contributed by atoms with Gasteiger partial charge in [0.15, 0.2) is 0 Å². The summed E-state index contributed by atoms with van der Waals surface area (Å²) in [5.74, 6) is 1.72. The molecule has 4 aromatic carbocycles. The van der Waals surface area contributed by atoms with Crippen LogP contribution in [0, 0.1) is 0 Å². The first-order valence-electron chi connectivity index (χ1n) is 12.2. The molecule has 3 nitrogen and oxygen atoms in total. The predicted molar refractivity (Wildman–Crippen MR) is 141 cm³/mol. The molecule has 6 rings (SSSR count). The van der Waals surface area contributed by atoms with Gasteiger partial charge in [-0.25, -0.2) is 0 Å². The smallest absolute Gasteiger partial charge is 0.457 e. The first kappa shape index (κ1) is 22.1. The molecule has 0 radical (unpaired) electrons. The maximum Gasteiger partial charge on any atom is 0.495 e. The summed E-state index contributed by atoms with van der Waals surface area (Å²) in [7, 11) is -0.487. The van der Waals surface area contributed by atoms with E-state index in [2.05, 4.69) is 119 Å². The molecule has 2 aliphatic heterocycles. The SMILES string of the molecule is CC1(C)OB(c2ccccc2C2(c3ccccc3)c3ccccc3Oc3ccccc32)OC1(C)C. The van der Waals surface area contributed by atoms with Gasteiger partial charge in [-0.2, -0.15) is 0 Å². The lowest BCUT2D eigenvalue weighted by Gasteiger charge is -2.42. The molecule has 35 heavy (non-hydrogen) atoms. The average molecular weight is 460 g/mol. The lowest BCUT2D eigenvalue weighted by atomic mass is 9.59. The van der Waals surface area contributed by atoms with Crippen molar-refractivity contribution in [2.75, 3.05) is 0 Å². The normalized spacial score (nSPS) is 18.9. The number of ether oxygens (including phenoxy) is 1. The molecule has 0 unspecified atom stereocenters. The maximum atomic E-state index is 6.58. The third-order valence-corrected chi connectivity index (χ3v) is 7.88. The maximum absolute atomic E-state index is 6.58. The van der Waals surface area contributed by atoms with Crippen molar-refractivity contribution in [3.8, 4) is 11.5 Å². The second kappa shape index (κ2) is 7.84. The van der Waals surface area contributed by atoms with Gasteiger partial charge in [0.1, 0.15) is 11.5 Å². The van der Waals surface area contributed by atoms with Crippen molar-refractivity contribution in [1.29, 1.82) is 0 Å². The summed E-state index contributed by atoms with van der Waals surface area (Å²) in [6.45, 7) is 8.40. The lowest BCUT2D eigenvalue weighted by molar-refractivity contribution is 0.00578. The summed E-state index contributed by atoms with van der Waals surface area (Å²) in [6, 6.07) is 35.9. The van der Waals surface area contributed by atoms with Crippen LogP contribution >= 0.6 is 0 Å². The fourth-order valence-electron chi connectivity index (χ4n) is 5.45. The third kappa shape index (κ3) is 3.21. The van der Waals surface area contributed by atoms with Crippen molar-refractivity contribution >= 4 is 12.6 Å². The highest BCUT2D eigenvalue weighted by Crippen LogP contribution is 2.55. The van der Waals surface area contributed by atoms with E-state index in [4.69, 9.17) is 14.0 Å². The number of rotatable bonds is 3. The van der Waals surface area contributed by atoms with E-state index in [1.54, 1.807) is 0 Å². The van der Waals surface area contributed by atoms with Gasteiger partial charge in [-0.15, -0.1) is 0 Å². The molecule has 0 atom stereocenters. The van der Waals surface area contributed by atoms with Gasteiger partial charge in [-0.05, 0) is 56.4 Å². The highest BCUT2D eigenvalue weighted by atomic mass is 16.7. The second-order valence-corrected chi connectivity index (χ2v) is 10.4. The predicted octanol–water partition coefficient (Wildman–Crippen LogP) is 6.47. The lowest BCUT2D eigenvalue weighted by Crippen LogP contribution is -2.44. The molecule has 4 aromatic rings. The van der Waals surface area contributed by atoms with E-state index in [0.29, 0.717) is 0 Å². The topological polar surface area (TPSA) is 27.7 Å². The molecule has 0 bridgehead atoms. The van der Waals surface area contributed by atoms with Crippen LogP contribution in [0.5, 0.6) is 11.5 Å². The summed E-state index contributed by atoms with van der Waals surface area (Å²) in [6.07, 6.45) is 0. The van der Waals surface area contributed by atoms with Gasteiger partial charge in [0.05, 0.1) is 16.6 Å². The first-order chi connectivity index (χ1) is 16.8. The molecule has 2 heterocycles. The zero-order chi connectivity index (χ0) is 24.3. The van der Waals surface area contributed by atoms with Crippen LogP contribution in [0.15, 0.2) is 103 Å². The van der Waals surface area contributed by atoms with Crippen LogP contribution in [0.4, 0.5) is 0 Å². The Kier molecular flexibility index (Phi) is 4.96. The Bertz CT molecular complexity index is 1330. The number of fused-ring (bicyclic) bond motifs is 2. The summed E-state index contributed by atoms with van der Waals surface area (Å²) in [5, 5.41) is 0. The minimum absolute atomic E-state index is 0.434. The van der Waals surface area contributed by atoms with Crippen molar-refractivity contribution in [3.05, 3.63) is 125 Å². The number of benzene rings is 4. The number of para-hydroxylation sites is 2. The molecule has 0 amide bonds. The molecular weight excluding hydrogens is 431 g/mol. The molecular formula is C31H29BO3. The van der Waals surface area contributed by atoms with Gasteiger partial charge in [0, 0.05) is 11.1 Å². The van der Waals surface area contributed by atoms with Gasteiger partial charge in [0.2, 0.25) is 0 Å². The van der Waals surface area contributed by atoms with E-state index in [9.17, 15) is 0 Å². The van der Waals surface area contributed by atoms with Gasteiger partial charge in [-0.3, -0.25) is 0 Å². The van der Waals surface area contributed by atoms with Crippen LogP contribution in [-0.4, -0.2) is 18.3 Å². The number of hydrogen-bond donors (Lipinski definition) is 0. The van der Waals surface area contributed by atoms with Crippen molar-refractivity contribution < 1.29 is 14.0 Å². The zero-order valence-corrected chi connectivity index (χ0v) is 20.6. The Morgan fingerprint density at radius 3 is 1.54 bits per heavy atom. The van der Waals surface area contributed by atoms with Gasteiger partial charge in [-0.1, -0.05) is 91.0 Å². The van der Waals surface area contributed by atoms with Gasteiger partial charge in [0.25, 0.3) is 0 Å². The molecule has 1 saturated heterocycles. The standard InChI is InChI=1S/C31H29BO3/c1-29(2)30(3,4)35-32(34-29)26-19-11-8-16-23(26)31(22-14-6-5-7-15-22)24-17-9-12-20-27(24)33-28-21-13-10-18-25(28)31/h5-21H,1-4H3. The Hall–Kier alpha value is -3.34. The average Bonchev–Trinajstić information content (AvgIpc) is 3.09. The fourth-order valence-corrected chi connectivity index (χ4v) is 5.45. The van der Waals surface area contributed by atoms with E-state index < -0.39 is 23.7 Å².